The molecule has 3 aromatic rings. The number of nitrogens with zero attached hydrogens (tertiary/aromatic N) is 2. The minimum atomic E-state index is -0.298. The quantitative estimate of drug-likeness (QED) is 0.572. The monoisotopic (exact) mass is 452 g/mol. The van der Waals surface area contributed by atoms with Crippen LogP contribution in [-0.4, -0.2) is 40.7 Å². The number of anilines is 1. The van der Waals surface area contributed by atoms with E-state index in [-0.39, 0.29) is 24.1 Å². The minimum Gasteiger partial charge on any atom is -0.469 e. The van der Waals surface area contributed by atoms with Gasteiger partial charge in [0.15, 0.2) is 5.13 Å². The fourth-order valence-electron chi connectivity index (χ4n) is 3.53. The molecule has 0 aliphatic carbocycles. The molecule has 0 atom stereocenters. The maximum atomic E-state index is 12.4. The molecule has 9 heteroatoms. The van der Waals surface area contributed by atoms with Crippen molar-refractivity contribution < 1.29 is 18.8 Å². The van der Waals surface area contributed by atoms with Crippen LogP contribution in [-0.2, 0) is 17.8 Å². The molecule has 1 fully saturated rings. The van der Waals surface area contributed by atoms with Crippen molar-refractivity contribution in [3.8, 4) is 0 Å². The second-order valence-electron chi connectivity index (χ2n) is 7.64. The Morgan fingerprint density at radius 3 is 2.56 bits per heavy atom. The van der Waals surface area contributed by atoms with E-state index in [1.807, 2.05) is 17.0 Å². The van der Waals surface area contributed by atoms with Crippen LogP contribution in [0.4, 0.5) is 5.13 Å². The van der Waals surface area contributed by atoms with Gasteiger partial charge in [0.2, 0.25) is 5.91 Å². The third-order valence-electron chi connectivity index (χ3n) is 5.30. The largest absolute Gasteiger partial charge is 0.469 e. The van der Waals surface area contributed by atoms with Crippen molar-refractivity contribution in [3.05, 3.63) is 70.1 Å². The van der Waals surface area contributed by atoms with E-state index < -0.39 is 0 Å². The van der Waals surface area contributed by atoms with Gasteiger partial charge in [-0.25, -0.2) is 4.98 Å². The summed E-state index contributed by atoms with van der Waals surface area (Å²) in [4.78, 5) is 43.1. The van der Waals surface area contributed by atoms with Gasteiger partial charge >= 0.3 is 0 Å². The first kappa shape index (κ1) is 21.8. The van der Waals surface area contributed by atoms with E-state index in [0.29, 0.717) is 34.3 Å². The number of hydrogen-bond donors (Lipinski definition) is 2. The summed E-state index contributed by atoms with van der Waals surface area (Å²) in [7, 11) is 0. The molecule has 32 heavy (non-hydrogen) atoms. The number of carbonyl (C=O) groups is 3. The number of thiazole rings is 1. The fourth-order valence-corrected chi connectivity index (χ4v) is 4.23. The Kier molecular flexibility index (Phi) is 6.65. The van der Waals surface area contributed by atoms with E-state index in [2.05, 4.69) is 15.6 Å². The number of aryl methyl sites for hydroxylation is 1. The Balaban J connectivity index is 1.25. The Bertz CT molecular complexity index is 1110. The number of aromatic nitrogens is 1. The molecule has 0 spiro atoms. The molecular formula is C23H24N4O4S. The van der Waals surface area contributed by atoms with E-state index in [9.17, 15) is 14.4 Å². The van der Waals surface area contributed by atoms with Crippen LogP contribution in [0, 0.1) is 6.92 Å². The van der Waals surface area contributed by atoms with Gasteiger partial charge in [-0.1, -0.05) is 12.1 Å². The number of nitrogens with one attached hydrogen (secondary N) is 2. The summed E-state index contributed by atoms with van der Waals surface area (Å²) in [5.41, 5.74) is 2.62. The van der Waals surface area contributed by atoms with Crippen LogP contribution in [0.5, 0.6) is 0 Å². The standard InChI is InChI=1S/C23H24N4O4S/c1-15-19(8-11-31-15)21(29)26-23-25-18(14-32-23)12-20(28)24-13-16-4-6-17(7-5-16)22(30)27-9-2-3-10-27/h4-8,11,14H,2-3,9-10,12-13H2,1H3,(H,24,28)(H,25,26,29). The van der Waals surface area contributed by atoms with Gasteiger partial charge in [0.25, 0.3) is 11.8 Å². The molecular weight excluding hydrogens is 428 g/mol. The molecule has 1 aromatic carbocycles. The summed E-state index contributed by atoms with van der Waals surface area (Å²) in [5.74, 6) is 0.129. The SMILES string of the molecule is Cc1occc1C(=O)Nc1nc(CC(=O)NCc2ccc(C(=O)N3CCCC3)cc2)cs1. The summed E-state index contributed by atoms with van der Waals surface area (Å²) >= 11 is 1.26. The lowest BCUT2D eigenvalue weighted by Gasteiger charge is -2.15. The summed E-state index contributed by atoms with van der Waals surface area (Å²) in [6.45, 7) is 3.72. The maximum absolute atomic E-state index is 12.4. The number of amides is 3. The van der Waals surface area contributed by atoms with Crippen LogP contribution in [0.3, 0.4) is 0 Å². The van der Waals surface area contributed by atoms with Crippen LogP contribution >= 0.6 is 11.3 Å². The highest BCUT2D eigenvalue weighted by Gasteiger charge is 2.19. The van der Waals surface area contributed by atoms with Gasteiger partial charge < -0.3 is 14.6 Å². The maximum Gasteiger partial charge on any atom is 0.260 e. The highest BCUT2D eigenvalue weighted by atomic mass is 32.1. The first-order valence-electron chi connectivity index (χ1n) is 10.4. The number of carbonyl (C=O) groups excluding carboxylic acids is 3. The van der Waals surface area contributed by atoms with Crippen LogP contribution in [0.1, 0.15) is 50.6 Å². The molecule has 0 saturated carbocycles. The number of hydrogen-bond acceptors (Lipinski definition) is 6. The average Bonchev–Trinajstić information content (AvgIpc) is 3.55. The summed E-state index contributed by atoms with van der Waals surface area (Å²) in [5, 5.41) is 7.75. The fraction of sp³-hybridized carbons (Fsp3) is 0.304. The number of likely N-dealkylation sites (tertiary alicyclic amines) is 1. The summed E-state index contributed by atoms with van der Waals surface area (Å²) in [6, 6.07) is 8.93. The van der Waals surface area contributed by atoms with Crippen molar-refractivity contribution in [2.75, 3.05) is 18.4 Å². The second kappa shape index (κ2) is 9.78. The molecule has 4 rings (SSSR count). The van der Waals surface area contributed by atoms with Gasteiger partial charge in [-0.05, 0) is 43.5 Å². The number of furan rings is 1. The second-order valence-corrected chi connectivity index (χ2v) is 8.50. The summed E-state index contributed by atoms with van der Waals surface area (Å²) < 4.78 is 5.14. The van der Waals surface area contributed by atoms with Gasteiger partial charge in [0.1, 0.15) is 5.76 Å². The Morgan fingerprint density at radius 1 is 1.12 bits per heavy atom. The zero-order valence-corrected chi connectivity index (χ0v) is 18.5. The van der Waals surface area contributed by atoms with Gasteiger partial charge in [-0.3, -0.25) is 19.7 Å². The predicted octanol–water partition coefficient (Wildman–Crippen LogP) is 3.39. The zero-order valence-electron chi connectivity index (χ0n) is 17.7. The smallest absolute Gasteiger partial charge is 0.260 e. The molecule has 1 aliphatic heterocycles. The first-order valence-corrected chi connectivity index (χ1v) is 11.3. The van der Waals surface area contributed by atoms with Crippen molar-refractivity contribution in [1.82, 2.24) is 15.2 Å². The Labute approximate surface area is 189 Å². The molecule has 2 aromatic heterocycles. The van der Waals surface area contributed by atoms with Gasteiger partial charge in [0.05, 0.1) is 23.9 Å². The lowest BCUT2D eigenvalue weighted by molar-refractivity contribution is -0.120. The van der Waals surface area contributed by atoms with E-state index in [4.69, 9.17) is 4.42 Å². The molecule has 1 aliphatic rings. The van der Waals surface area contributed by atoms with Gasteiger partial charge in [-0.2, -0.15) is 0 Å². The normalized spacial score (nSPS) is 13.2. The zero-order chi connectivity index (χ0) is 22.5. The van der Waals surface area contributed by atoms with E-state index in [0.717, 1.165) is 31.5 Å². The molecule has 3 amide bonds. The van der Waals surface area contributed by atoms with Crippen molar-refractivity contribution in [3.63, 3.8) is 0 Å². The first-order chi connectivity index (χ1) is 15.5. The molecule has 3 heterocycles. The molecule has 8 nitrogen and oxygen atoms in total. The van der Waals surface area contributed by atoms with Crippen LogP contribution in [0.25, 0.3) is 0 Å². The van der Waals surface area contributed by atoms with Crippen molar-refractivity contribution in [2.24, 2.45) is 0 Å². The number of rotatable bonds is 7. The van der Waals surface area contributed by atoms with E-state index in [1.165, 1.54) is 17.6 Å². The van der Waals surface area contributed by atoms with Gasteiger partial charge in [-0.15, -0.1) is 11.3 Å². The van der Waals surface area contributed by atoms with E-state index in [1.54, 1.807) is 30.5 Å². The third-order valence-corrected chi connectivity index (χ3v) is 6.11. The predicted molar refractivity (Wildman–Crippen MR) is 121 cm³/mol. The van der Waals surface area contributed by atoms with Crippen LogP contribution in [0.2, 0.25) is 0 Å². The molecule has 0 bridgehead atoms. The summed E-state index contributed by atoms with van der Waals surface area (Å²) in [6.07, 6.45) is 3.70. The molecule has 166 valence electrons. The van der Waals surface area contributed by atoms with Crippen molar-refractivity contribution in [2.45, 2.75) is 32.7 Å². The highest BCUT2D eigenvalue weighted by Crippen LogP contribution is 2.18. The lowest BCUT2D eigenvalue weighted by Crippen LogP contribution is -2.27. The topological polar surface area (TPSA) is 105 Å². The Hall–Kier alpha value is -3.46. The van der Waals surface area contributed by atoms with Crippen molar-refractivity contribution >= 4 is 34.2 Å². The van der Waals surface area contributed by atoms with Crippen LogP contribution < -0.4 is 10.6 Å². The third kappa shape index (κ3) is 5.23. The van der Waals surface area contributed by atoms with Crippen molar-refractivity contribution in [1.29, 1.82) is 0 Å². The minimum absolute atomic E-state index is 0.0624. The van der Waals surface area contributed by atoms with Crippen LogP contribution in [0.15, 0.2) is 46.4 Å². The number of benzene rings is 1. The van der Waals surface area contributed by atoms with Gasteiger partial charge in [0, 0.05) is 30.6 Å². The lowest BCUT2D eigenvalue weighted by atomic mass is 10.1. The Morgan fingerprint density at radius 2 is 1.88 bits per heavy atom. The molecule has 0 unspecified atom stereocenters. The molecule has 1 saturated heterocycles. The average molecular weight is 453 g/mol. The molecule has 0 radical (unpaired) electrons. The molecule has 2 N–H and O–H groups in total. The van der Waals surface area contributed by atoms with E-state index >= 15 is 0 Å². The highest BCUT2D eigenvalue weighted by molar-refractivity contribution is 7.14.